The molecule has 0 atom stereocenters. The van der Waals surface area contributed by atoms with Gasteiger partial charge >= 0.3 is 0 Å². The number of hydrogen-bond donors (Lipinski definition) is 0. The molecule has 0 unspecified atom stereocenters. The molecule has 1 heteroatoms. The van der Waals surface area contributed by atoms with Crippen LogP contribution in [0.3, 0.4) is 0 Å². The highest BCUT2D eigenvalue weighted by molar-refractivity contribution is 5.32. The molecule has 0 radical (unpaired) electrons. The van der Waals surface area contributed by atoms with Gasteiger partial charge in [-0.25, -0.2) is 0 Å². The Morgan fingerprint density at radius 3 is 2.50 bits per heavy atom. The van der Waals surface area contributed by atoms with Gasteiger partial charge in [0.2, 0.25) is 0 Å². The lowest BCUT2D eigenvalue weighted by atomic mass is 9.91. The molecule has 1 aromatic rings. The van der Waals surface area contributed by atoms with Crippen LogP contribution in [0.5, 0.6) is 0 Å². The number of aryl methyl sites for hydroxylation is 1. The van der Waals surface area contributed by atoms with Crippen LogP contribution in [0.2, 0.25) is 0 Å². The van der Waals surface area contributed by atoms with Crippen molar-refractivity contribution in [3.05, 3.63) is 34.9 Å². The lowest BCUT2D eigenvalue weighted by Crippen LogP contribution is -2.41. The van der Waals surface area contributed by atoms with Crippen molar-refractivity contribution in [2.24, 2.45) is 0 Å². The van der Waals surface area contributed by atoms with Gasteiger partial charge in [0.25, 0.3) is 0 Å². The first-order valence-corrected chi connectivity index (χ1v) is 6.65. The summed E-state index contributed by atoms with van der Waals surface area (Å²) in [7, 11) is 0. The van der Waals surface area contributed by atoms with E-state index in [-0.39, 0.29) is 0 Å². The minimum absolute atomic E-state index is 0.912. The van der Waals surface area contributed by atoms with Crippen molar-refractivity contribution >= 4 is 0 Å². The lowest BCUT2D eigenvalue weighted by molar-refractivity contribution is 0.133. The molecule has 1 aromatic carbocycles. The van der Waals surface area contributed by atoms with Crippen LogP contribution in [0, 0.1) is 6.92 Å². The number of hydrogen-bond acceptors (Lipinski definition) is 1. The molecule has 16 heavy (non-hydrogen) atoms. The van der Waals surface area contributed by atoms with Gasteiger partial charge in [-0.2, -0.15) is 0 Å². The minimum Gasteiger partial charge on any atom is -0.300 e. The number of nitrogens with zero attached hydrogens (tertiary/aromatic N) is 1. The van der Waals surface area contributed by atoms with Gasteiger partial charge in [0.15, 0.2) is 0 Å². The van der Waals surface area contributed by atoms with Crippen molar-refractivity contribution in [2.75, 3.05) is 13.1 Å². The van der Waals surface area contributed by atoms with Crippen LogP contribution in [-0.4, -0.2) is 24.0 Å². The molecule has 1 saturated carbocycles. The fourth-order valence-corrected chi connectivity index (χ4v) is 2.99. The average Bonchev–Trinajstić information content (AvgIpc) is 2.39. The van der Waals surface area contributed by atoms with E-state index in [0.717, 1.165) is 6.04 Å². The Bertz CT molecular complexity index is 379. The molecule has 0 amide bonds. The summed E-state index contributed by atoms with van der Waals surface area (Å²) < 4.78 is 0. The van der Waals surface area contributed by atoms with Crippen molar-refractivity contribution < 1.29 is 0 Å². The zero-order valence-electron chi connectivity index (χ0n) is 10.2. The van der Waals surface area contributed by atoms with E-state index in [0.29, 0.717) is 0 Å². The molecular weight excluding hydrogens is 194 g/mol. The minimum atomic E-state index is 0.912. The molecule has 1 nitrogen and oxygen atoms in total. The Morgan fingerprint density at radius 1 is 1.06 bits per heavy atom. The first kappa shape index (κ1) is 10.3. The SMILES string of the molecule is Cc1ccc2c(c1)CCN(C1CCC1)CC2. The van der Waals surface area contributed by atoms with E-state index in [1.807, 2.05) is 0 Å². The Balaban J connectivity index is 1.76. The molecule has 0 bridgehead atoms. The second kappa shape index (κ2) is 4.21. The summed E-state index contributed by atoms with van der Waals surface area (Å²) in [6.45, 7) is 4.76. The molecule has 1 fully saturated rings. The Kier molecular flexibility index (Phi) is 2.72. The summed E-state index contributed by atoms with van der Waals surface area (Å²) in [5.41, 5.74) is 4.60. The van der Waals surface area contributed by atoms with Crippen molar-refractivity contribution in [2.45, 2.75) is 45.1 Å². The second-order valence-corrected chi connectivity index (χ2v) is 5.39. The van der Waals surface area contributed by atoms with E-state index in [2.05, 4.69) is 30.0 Å². The van der Waals surface area contributed by atoms with Crippen molar-refractivity contribution in [3.8, 4) is 0 Å². The first-order valence-electron chi connectivity index (χ1n) is 6.65. The van der Waals surface area contributed by atoms with Gasteiger partial charge in [-0.05, 0) is 43.7 Å². The maximum absolute atomic E-state index is 2.72. The maximum atomic E-state index is 2.72. The molecule has 0 aromatic heterocycles. The van der Waals surface area contributed by atoms with Gasteiger partial charge < -0.3 is 0 Å². The number of fused-ring (bicyclic) bond motifs is 1. The summed E-state index contributed by atoms with van der Waals surface area (Å²) in [6, 6.07) is 7.90. The summed E-state index contributed by atoms with van der Waals surface area (Å²) in [5.74, 6) is 0. The Morgan fingerprint density at radius 2 is 1.81 bits per heavy atom. The highest BCUT2D eigenvalue weighted by Gasteiger charge is 2.26. The van der Waals surface area contributed by atoms with E-state index in [4.69, 9.17) is 0 Å². The highest BCUT2D eigenvalue weighted by atomic mass is 15.2. The Labute approximate surface area is 98.5 Å². The van der Waals surface area contributed by atoms with Gasteiger partial charge in [-0.3, -0.25) is 4.90 Å². The smallest absolute Gasteiger partial charge is 0.00955 e. The largest absolute Gasteiger partial charge is 0.300 e. The van der Waals surface area contributed by atoms with Gasteiger partial charge in [-0.15, -0.1) is 0 Å². The molecule has 86 valence electrons. The van der Waals surface area contributed by atoms with Gasteiger partial charge in [0.05, 0.1) is 0 Å². The Hall–Kier alpha value is -0.820. The first-order chi connectivity index (χ1) is 7.83. The van der Waals surface area contributed by atoms with Crippen LogP contribution in [-0.2, 0) is 12.8 Å². The lowest BCUT2D eigenvalue weighted by Gasteiger charge is -2.36. The third kappa shape index (κ3) is 1.89. The highest BCUT2D eigenvalue weighted by Crippen LogP contribution is 2.27. The standard InChI is InChI=1S/C15H21N/c1-12-5-6-13-7-9-16(15-3-2-4-15)10-8-14(13)11-12/h5-6,11,15H,2-4,7-10H2,1H3. The maximum Gasteiger partial charge on any atom is 0.00955 e. The fraction of sp³-hybridized carbons (Fsp3) is 0.600. The molecule has 0 spiro atoms. The van der Waals surface area contributed by atoms with Crippen LogP contribution >= 0.6 is 0 Å². The fourth-order valence-electron chi connectivity index (χ4n) is 2.99. The van der Waals surface area contributed by atoms with Crippen LogP contribution in [0.4, 0.5) is 0 Å². The van der Waals surface area contributed by atoms with Crippen molar-refractivity contribution in [1.82, 2.24) is 4.90 Å². The van der Waals surface area contributed by atoms with E-state index < -0.39 is 0 Å². The third-order valence-electron chi connectivity index (χ3n) is 4.29. The van der Waals surface area contributed by atoms with Crippen LogP contribution in [0.15, 0.2) is 18.2 Å². The van der Waals surface area contributed by atoms with Crippen molar-refractivity contribution in [1.29, 1.82) is 0 Å². The van der Waals surface area contributed by atoms with E-state index in [9.17, 15) is 0 Å². The topological polar surface area (TPSA) is 3.24 Å². The van der Waals surface area contributed by atoms with Gasteiger partial charge in [-0.1, -0.05) is 30.2 Å². The molecule has 1 aliphatic carbocycles. The van der Waals surface area contributed by atoms with E-state index in [1.54, 1.807) is 11.1 Å². The predicted octanol–water partition coefficient (Wildman–Crippen LogP) is 2.95. The monoisotopic (exact) mass is 215 g/mol. The number of rotatable bonds is 1. The zero-order valence-corrected chi connectivity index (χ0v) is 10.2. The molecule has 0 N–H and O–H groups in total. The molecule has 1 aliphatic heterocycles. The second-order valence-electron chi connectivity index (χ2n) is 5.39. The van der Waals surface area contributed by atoms with E-state index in [1.165, 1.54) is 50.8 Å². The number of benzene rings is 1. The summed E-state index contributed by atoms with van der Waals surface area (Å²) in [6.07, 6.45) is 6.84. The zero-order chi connectivity index (χ0) is 11.0. The van der Waals surface area contributed by atoms with Crippen molar-refractivity contribution in [3.63, 3.8) is 0 Å². The quantitative estimate of drug-likeness (QED) is 0.696. The van der Waals surface area contributed by atoms with Crippen LogP contribution in [0.25, 0.3) is 0 Å². The predicted molar refractivity (Wildman–Crippen MR) is 67.8 cm³/mol. The van der Waals surface area contributed by atoms with Crippen LogP contribution < -0.4 is 0 Å². The average molecular weight is 215 g/mol. The molecule has 0 saturated heterocycles. The van der Waals surface area contributed by atoms with Crippen LogP contribution in [0.1, 0.15) is 36.0 Å². The molecule has 2 aliphatic rings. The third-order valence-corrected chi connectivity index (χ3v) is 4.29. The summed E-state index contributed by atoms with van der Waals surface area (Å²) in [5, 5.41) is 0. The van der Waals surface area contributed by atoms with E-state index >= 15 is 0 Å². The van der Waals surface area contributed by atoms with Gasteiger partial charge in [0.1, 0.15) is 0 Å². The summed E-state index contributed by atoms with van der Waals surface area (Å²) >= 11 is 0. The summed E-state index contributed by atoms with van der Waals surface area (Å²) in [4.78, 5) is 2.72. The molecular formula is C15H21N. The molecule has 3 rings (SSSR count). The van der Waals surface area contributed by atoms with Gasteiger partial charge in [0, 0.05) is 19.1 Å². The normalized spacial score (nSPS) is 22.3. The molecule has 1 heterocycles.